The Morgan fingerprint density at radius 1 is 0.738 bits per heavy atom. The summed E-state index contributed by atoms with van der Waals surface area (Å²) in [4.78, 5) is 40.1. The quantitative estimate of drug-likeness (QED) is 0.155. The van der Waals surface area contributed by atoms with E-state index in [1.54, 1.807) is 42.5 Å². The van der Waals surface area contributed by atoms with Crippen LogP contribution < -0.4 is 24.4 Å². The molecule has 5 rings (SSSR count). The van der Waals surface area contributed by atoms with Gasteiger partial charge < -0.3 is 28.1 Å². The van der Waals surface area contributed by atoms with Crippen LogP contribution in [0.5, 0.6) is 23.0 Å². The zero-order valence-corrected chi connectivity index (χ0v) is 23.0. The van der Waals surface area contributed by atoms with Crippen molar-refractivity contribution in [2.45, 2.75) is 6.61 Å². The van der Waals surface area contributed by atoms with E-state index in [0.717, 1.165) is 5.56 Å². The molecule has 0 amide bonds. The van der Waals surface area contributed by atoms with Gasteiger partial charge in [0.15, 0.2) is 0 Å². The number of carbonyl (C=O) groups is 2. The largest absolute Gasteiger partial charge is 0.497 e. The molecule has 0 saturated carbocycles. The van der Waals surface area contributed by atoms with Gasteiger partial charge in [0.2, 0.25) is 11.2 Å². The molecule has 0 aliphatic carbocycles. The summed E-state index contributed by atoms with van der Waals surface area (Å²) in [6, 6.07) is 25.4. The van der Waals surface area contributed by atoms with Gasteiger partial charge in [0.05, 0.1) is 32.5 Å². The number of hydrogen-bond acceptors (Lipinski definition) is 9. The molecule has 5 aromatic rings. The van der Waals surface area contributed by atoms with E-state index in [1.807, 2.05) is 30.3 Å². The summed E-state index contributed by atoms with van der Waals surface area (Å²) in [7, 11) is 4.02. The number of hydrogen-bond donors (Lipinski definition) is 0. The minimum absolute atomic E-state index is 0.0261. The van der Waals surface area contributed by atoms with Crippen molar-refractivity contribution in [1.29, 1.82) is 0 Å². The Bertz CT molecular complexity index is 1810. The highest BCUT2D eigenvalue weighted by Crippen LogP contribution is 2.38. The summed E-state index contributed by atoms with van der Waals surface area (Å²) < 4.78 is 33.5. The average Bonchev–Trinajstić information content (AvgIpc) is 3.03. The molecule has 4 aromatic carbocycles. The van der Waals surface area contributed by atoms with Crippen molar-refractivity contribution in [3.05, 3.63) is 118 Å². The number of ether oxygens (including phenoxy) is 5. The summed E-state index contributed by atoms with van der Waals surface area (Å²) in [5, 5.41) is 0.0587. The second-order valence-corrected chi connectivity index (χ2v) is 9.02. The van der Waals surface area contributed by atoms with E-state index in [2.05, 4.69) is 0 Å². The molecule has 0 N–H and O–H groups in total. The van der Waals surface area contributed by atoms with Gasteiger partial charge in [-0.05, 0) is 29.8 Å². The molecule has 212 valence electrons. The first-order valence-corrected chi connectivity index (χ1v) is 12.8. The third-order valence-corrected chi connectivity index (χ3v) is 6.44. The molecular formula is C33H26O9. The van der Waals surface area contributed by atoms with Gasteiger partial charge in [-0.3, -0.25) is 4.79 Å². The van der Waals surface area contributed by atoms with E-state index in [0.29, 0.717) is 11.5 Å². The van der Waals surface area contributed by atoms with E-state index in [4.69, 9.17) is 28.1 Å². The monoisotopic (exact) mass is 566 g/mol. The molecule has 42 heavy (non-hydrogen) atoms. The highest BCUT2D eigenvalue weighted by atomic mass is 16.5. The molecule has 0 saturated heterocycles. The Labute approximate surface area is 240 Å². The molecule has 0 bridgehead atoms. The number of methoxy groups -OCH3 is 3. The predicted octanol–water partition coefficient (Wildman–Crippen LogP) is 6.06. The van der Waals surface area contributed by atoms with Crippen molar-refractivity contribution < 1.29 is 37.7 Å². The van der Waals surface area contributed by atoms with Crippen molar-refractivity contribution >= 4 is 22.9 Å². The zero-order valence-electron chi connectivity index (χ0n) is 23.0. The SMILES string of the molecule is COC(=O)c1oc2cc(OCc3ccccc3)cc(OC)c2c(=O)c1-c1ccc(OC)cc1OC(=O)c1ccccc1. The van der Waals surface area contributed by atoms with Crippen molar-refractivity contribution in [3.63, 3.8) is 0 Å². The van der Waals surface area contributed by atoms with Gasteiger partial charge in [-0.2, -0.15) is 0 Å². The lowest BCUT2D eigenvalue weighted by Gasteiger charge is -2.16. The van der Waals surface area contributed by atoms with Gasteiger partial charge in [0, 0.05) is 23.8 Å². The highest BCUT2D eigenvalue weighted by molar-refractivity contribution is 6.01. The molecule has 0 unspecified atom stereocenters. The van der Waals surface area contributed by atoms with E-state index in [1.165, 1.54) is 39.5 Å². The summed E-state index contributed by atoms with van der Waals surface area (Å²) in [5.74, 6) is -1.11. The summed E-state index contributed by atoms with van der Waals surface area (Å²) in [6.45, 7) is 0.254. The zero-order chi connectivity index (χ0) is 29.6. The highest BCUT2D eigenvalue weighted by Gasteiger charge is 2.28. The van der Waals surface area contributed by atoms with Crippen molar-refractivity contribution in [1.82, 2.24) is 0 Å². The van der Waals surface area contributed by atoms with Gasteiger partial charge in [-0.25, -0.2) is 9.59 Å². The fourth-order valence-corrected chi connectivity index (χ4v) is 4.38. The molecule has 0 atom stereocenters. The van der Waals surface area contributed by atoms with Crippen molar-refractivity contribution in [2.75, 3.05) is 21.3 Å². The van der Waals surface area contributed by atoms with Gasteiger partial charge in [-0.15, -0.1) is 0 Å². The maximum absolute atomic E-state index is 14.1. The Kier molecular flexibility index (Phi) is 8.19. The van der Waals surface area contributed by atoms with E-state index < -0.39 is 17.4 Å². The van der Waals surface area contributed by atoms with Crippen LogP contribution >= 0.6 is 0 Å². The molecule has 1 heterocycles. The Morgan fingerprint density at radius 3 is 2.10 bits per heavy atom. The molecule has 1 aromatic heterocycles. The first-order valence-electron chi connectivity index (χ1n) is 12.8. The van der Waals surface area contributed by atoms with E-state index in [-0.39, 0.29) is 51.5 Å². The van der Waals surface area contributed by atoms with Gasteiger partial charge >= 0.3 is 11.9 Å². The van der Waals surface area contributed by atoms with Crippen LogP contribution in [-0.4, -0.2) is 33.3 Å². The van der Waals surface area contributed by atoms with Crippen LogP contribution in [0, 0.1) is 0 Å². The topological polar surface area (TPSA) is 110 Å². The number of carbonyl (C=O) groups excluding carboxylic acids is 2. The molecule has 0 aliphatic rings. The fourth-order valence-electron chi connectivity index (χ4n) is 4.38. The first kappa shape index (κ1) is 28.0. The molecule has 0 aliphatic heterocycles. The number of rotatable bonds is 9. The maximum Gasteiger partial charge on any atom is 0.374 e. The minimum atomic E-state index is -0.908. The summed E-state index contributed by atoms with van der Waals surface area (Å²) >= 11 is 0. The van der Waals surface area contributed by atoms with Crippen molar-refractivity contribution in [3.8, 4) is 34.1 Å². The first-order chi connectivity index (χ1) is 20.4. The molecular weight excluding hydrogens is 540 g/mol. The van der Waals surface area contributed by atoms with Crippen LogP contribution in [0.2, 0.25) is 0 Å². The van der Waals surface area contributed by atoms with Crippen molar-refractivity contribution in [2.24, 2.45) is 0 Å². The smallest absolute Gasteiger partial charge is 0.374 e. The lowest BCUT2D eigenvalue weighted by molar-refractivity contribution is 0.0567. The second kappa shape index (κ2) is 12.3. The van der Waals surface area contributed by atoms with E-state index in [9.17, 15) is 14.4 Å². The third-order valence-electron chi connectivity index (χ3n) is 6.44. The number of fused-ring (bicyclic) bond motifs is 1. The van der Waals surface area contributed by atoms with Crippen LogP contribution in [0.4, 0.5) is 0 Å². The lowest BCUT2D eigenvalue weighted by atomic mass is 10.00. The fraction of sp³-hybridized carbons (Fsp3) is 0.121. The maximum atomic E-state index is 14.1. The second-order valence-electron chi connectivity index (χ2n) is 9.02. The lowest BCUT2D eigenvalue weighted by Crippen LogP contribution is -2.16. The molecule has 0 spiro atoms. The number of esters is 2. The molecule has 0 radical (unpaired) electrons. The Balaban J connectivity index is 1.67. The van der Waals surface area contributed by atoms with Crippen LogP contribution in [0.15, 0.2) is 100 Å². The molecule has 0 fully saturated rings. The van der Waals surface area contributed by atoms with E-state index >= 15 is 0 Å². The van der Waals surface area contributed by atoms with Crippen LogP contribution in [0.25, 0.3) is 22.1 Å². The Morgan fingerprint density at radius 2 is 1.43 bits per heavy atom. The molecule has 9 nitrogen and oxygen atoms in total. The molecule has 9 heteroatoms. The van der Waals surface area contributed by atoms with Gasteiger partial charge in [0.25, 0.3) is 0 Å². The third kappa shape index (κ3) is 5.66. The summed E-state index contributed by atoms with van der Waals surface area (Å²) in [5.41, 5.74) is 0.593. The van der Waals surface area contributed by atoms with Crippen LogP contribution in [0.1, 0.15) is 26.5 Å². The predicted molar refractivity (Wildman–Crippen MR) is 155 cm³/mol. The summed E-state index contributed by atoms with van der Waals surface area (Å²) in [6.07, 6.45) is 0. The average molecular weight is 567 g/mol. The van der Waals surface area contributed by atoms with Crippen LogP contribution in [0.3, 0.4) is 0 Å². The van der Waals surface area contributed by atoms with Crippen LogP contribution in [-0.2, 0) is 11.3 Å². The number of benzene rings is 4. The Hall–Kier alpha value is -5.57. The van der Waals surface area contributed by atoms with Gasteiger partial charge in [0.1, 0.15) is 40.6 Å². The normalized spacial score (nSPS) is 10.6. The minimum Gasteiger partial charge on any atom is -0.497 e. The standard InChI is InChI=1S/C33H26O9/c1-37-22-14-15-24(25(16-22)42-32(35)21-12-8-5-9-13-21)28-30(34)29-26(38-2)17-23(40-19-20-10-6-4-7-11-20)18-27(29)41-31(28)33(36)39-3/h4-18H,19H2,1-3H3. The van der Waals surface area contributed by atoms with Gasteiger partial charge in [-0.1, -0.05) is 48.5 Å².